The summed E-state index contributed by atoms with van der Waals surface area (Å²) < 4.78 is 0. The van der Waals surface area contributed by atoms with E-state index in [2.05, 4.69) is 11.8 Å². The van der Waals surface area contributed by atoms with Crippen molar-refractivity contribution in [2.75, 3.05) is 19.7 Å². The van der Waals surface area contributed by atoms with Gasteiger partial charge in [0, 0.05) is 19.2 Å². The zero-order valence-electron chi connectivity index (χ0n) is 7.16. The molecule has 2 rings (SSSR count). The summed E-state index contributed by atoms with van der Waals surface area (Å²) in [5, 5.41) is 8.88. The van der Waals surface area contributed by atoms with Gasteiger partial charge in [-0.2, -0.15) is 0 Å². The zero-order valence-corrected chi connectivity index (χ0v) is 7.16. The van der Waals surface area contributed by atoms with E-state index in [4.69, 9.17) is 5.11 Å². The van der Waals surface area contributed by atoms with Crippen LogP contribution in [0.2, 0.25) is 0 Å². The van der Waals surface area contributed by atoms with Gasteiger partial charge in [-0.3, -0.25) is 4.90 Å². The van der Waals surface area contributed by atoms with Crippen LogP contribution in [0.15, 0.2) is 0 Å². The smallest absolute Gasteiger partial charge is 0.0474 e. The van der Waals surface area contributed by atoms with Gasteiger partial charge in [-0.25, -0.2) is 0 Å². The van der Waals surface area contributed by atoms with Crippen molar-refractivity contribution in [3.63, 3.8) is 0 Å². The lowest BCUT2D eigenvalue weighted by atomic mass is 10.2. The third kappa shape index (κ3) is 1.42. The molecule has 1 aliphatic heterocycles. The van der Waals surface area contributed by atoms with Crippen LogP contribution >= 0.6 is 0 Å². The van der Waals surface area contributed by atoms with Gasteiger partial charge < -0.3 is 5.11 Å². The fourth-order valence-corrected chi connectivity index (χ4v) is 2.15. The first-order valence-corrected chi connectivity index (χ1v) is 4.66. The number of aliphatic hydroxyl groups is 1. The van der Waals surface area contributed by atoms with Gasteiger partial charge in [0.25, 0.3) is 0 Å². The summed E-state index contributed by atoms with van der Waals surface area (Å²) >= 11 is 0. The van der Waals surface area contributed by atoms with Gasteiger partial charge in [-0.15, -0.1) is 0 Å². The van der Waals surface area contributed by atoms with E-state index in [1.165, 1.54) is 25.9 Å². The number of hydrogen-bond donors (Lipinski definition) is 1. The van der Waals surface area contributed by atoms with Gasteiger partial charge in [0.15, 0.2) is 0 Å². The summed E-state index contributed by atoms with van der Waals surface area (Å²) in [6, 6.07) is 0.741. The van der Waals surface area contributed by atoms with Crippen LogP contribution < -0.4 is 0 Å². The number of hydrogen-bond acceptors (Lipinski definition) is 2. The molecule has 1 saturated heterocycles. The average Bonchev–Trinajstić information content (AvgIpc) is 2.68. The van der Waals surface area contributed by atoms with Crippen LogP contribution in [0, 0.1) is 11.8 Å². The third-order valence-corrected chi connectivity index (χ3v) is 3.04. The molecule has 0 spiro atoms. The van der Waals surface area contributed by atoms with Crippen molar-refractivity contribution in [1.82, 2.24) is 4.90 Å². The molecule has 3 atom stereocenters. The normalized spacial score (nSPS) is 44.7. The lowest BCUT2D eigenvalue weighted by molar-refractivity contribution is 0.237. The Kier molecular flexibility index (Phi) is 1.90. The minimum atomic E-state index is 0.398. The lowest BCUT2D eigenvalue weighted by Gasteiger charge is -2.14. The van der Waals surface area contributed by atoms with Gasteiger partial charge in [-0.05, 0) is 31.2 Å². The van der Waals surface area contributed by atoms with E-state index >= 15 is 0 Å². The molecule has 11 heavy (non-hydrogen) atoms. The first-order chi connectivity index (χ1) is 5.31. The highest BCUT2D eigenvalue weighted by Gasteiger charge is 2.42. The van der Waals surface area contributed by atoms with E-state index in [0.29, 0.717) is 12.5 Å². The van der Waals surface area contributed by atoms with Crippen molar-refractivity contribution in [3.8, 4) is 0 Å². The molecule has 0 aromatic heterocycles. The van der Waals surface area contributed by atoms with Crippen molar-refractivity contribution in [1.29, 1.82) is 0 Å². The molecular weight excluding hydrogens is 138 g/mol. The first-order valence-electron chi connectivity index (χ1n) is 4.66. The van der Waals surface area contributed by atoms with E-state index in [1.807, 2.05) is 0 Å². The maximum atomic E-state index is 8.88. The lowest BCUT2D eigenvalue weighted by Crippen LogP contribution is -2.24. The fraction of sp³-hybridized carbons (Fsp3) is 1.00. The maximum absolute atomic E-state index is 8.88. The quantitative estimate of drug-likeness (QED) is 0.635. The Balaban J connectivity index is 1.80. The maximum Gasteiger partial charge on any atom is 0.0474 e. The van der Waals surface area contributed by atoms with Gasteiger partial charge in [0.1, 0.15) is 0 Å². The van der Waals surface area contributed by atoms with Crippen LogP contribution in [-0.4, -0.2) is 35.7 Å². The van der Waals surface area contributed by atoms with Crippen molar-refractivity contribution < 1.29 is 5.11 Å². The van der Waals surface area contributed by atoms with Gasteiger partial charge in [-0.1, -0.05) is 6.92 Å². The van der Waals surface area contributed by atoms with E-state index in [9.17, 15) is 0 Å². The molecule has 0 radical (unpaired) electrons. The molecule has 0 aromatic carbocycles. The highest BCUT2D eigenvalue weighted by molar-refractivity contribution is 4.96. The van der Waals surface area contributed by atoms with E-state index < -0.39 is 0 Å². The van der Waals surface area contributed by atoms with Crippen LogP contribution in [0.25, 0.3) is 0 Å². The van der Waals surface area contributed by atoms with Crippen LogP contribution in [-0.2, 0) is 0 Å². The summed E-state index contributed by atoms with van der Waals surface area (Å²) in [5.74, 6) is 1.50. The Morgan fingerprint density at radius 2 is 2.36 bits per heavy atom. The third-order valence-electron chi connectivity index (χ3n) is 3.04. The van der Waals surface area contributed by atoms with Gasteiger partial charge in [0.2, 0.25) is 0 Å². The predicted molar refractivity (Wildman–Crippen MR) is 44.3 cm³/mol. The Hall–Kier alpha value is -0.0800. The largest absolute Gasteiger partial charge is 0.396 e. The highest BCUT2D eigenvalue weighted by atomic mass is 16.3. The molecule has 2 nitrogen and oxygen atoms in total. The first kappa shape index (κ1) is 7.56. The van der Waals surface area contributed by atoms with Gasteiger partial charge in [0.05, 0.1) is 0 Å². The minimum absolute atomic E-state index is 0.398. The Morgan fingerprint density at radius 3 is 2.82 bits per heavy atom. The molecule has 1 saturated carbocycles. The van der Waals surface area contributed by atoms with Crippen molar-refractivity contribution in [2.45, 2.75) is 25.8 Å². The summed E-state index contributed by atoms with van der Waals surface area (Å²) in [4.78, 5) is 2.55. The molecule has 0 aromatic rings. The fourth-order valence-electron chi connectivity index (χ4n) is 2.15. The predicted octanol–water partition coefficient (Wildman–Crippen LogP) is 0.709. The molecule has 1 N–H and O–H groups in total. The van der Waals surface area contributed by atoms with E-state index in [-0.39, 0.29) is 0 Å². The molecule has 2 fully saturated rings. The van der Waals surface area contributed by atoms with Crippen LogP contribution in [0.1, 0.15) is 19.8 Å². The Bertz CT molecular complexity index is 148. The number of aliphatic hydroxyl groups excluding tert-OH is 1. The van der Waals surface area contributed by atoms with E-state index in [1.54, 1.807) is 0 Å². The van der Waals surface area contributed by atoms with Crippen molar-refractivity contribution in [3.05, 3.63) is 0 Å². The average molecular weight is 155 g/mol. The molecule has 2 heteroatoms. The molecule has 64 valence electrons. The zero-order chi connectivity index (χ0) is 7.84. The number of nitrogens with zero attached hydrogens (tertiary/aromatic N) is 1. The Labute approximate surface area is 68.2 Å². The second-order valence-corrected chi connectivity index (χ2v) is 4.13. The Morgan fingerprint density at radius 1 is 1.55 bits per heavy atom. The molecule has 3 unspecified atom stereocenters. The van der Waals surface area contributed by atoms with Crippen molar-refractivity contribution >= 4 is 0 Å². The topological polar surface area (TPSA) is 23.5 Å². The number of rotatable bonds is 2. The summed E-state index contributed by atoms with van der Waals surface area (Å²) in [6.45, 7) is 5.25. The van der Waals surface area contributed by atoms with Crippen LogP contribution in [0.3, 0.4) is 0 Å². The molecule has 2 aliphatic rings. The molecule has 1 heterocycles. The standard InChI is InChI=1S/C9H17NO/c1-7-2-3-10(5-7)9-4-8(9)6-11/h7-9,11H,2-6H2,1H3. The van der Waals surface area contributed by atoms with Crippen LogP contribution in [0.5, 0.6) is 0 Å². The molecule has 1 aliphatic carbocycles. The molecular formula is C9H17NO. The second kappa shape index (κ2) is 2.76. The molecule has 0 amide bonds. The van der Waals surface area contributed by atoms with E-state index in [0.717, 1.165) is 12.0 Å². The van der Waals surface area contributed by atoms with Crippen LogP contribution in [0.4, 0.5) is 0 Å². The summed E-state index contributed by atoms with van der Waals surface area (Å²) in [5.41, 5.74) is 0. The summed E-state index contributed by atoms with van der Waals surface area (Å²) in [6.07, 6.45) is 2.60. The SMILES string of the molecule is CC1CCN(C2CC2CO)C1. The summed E-state index contributed by atoms with van der Waals surface area (Å²) in [7, 11) is 0. The molecule has 0 bridgehead atoms. The monoisotopic (exact) mass is 155 g/mol. The minimum Gasteiger partial charge on any atom is -0.396 e. The second-order valence-electron chi connectivity index (χ2n) is 4.13. The highest BCUT2D eigenvalue weighted by Crippen LogP contribution is 2.37. The van der Waals surface area contributed by atoms with Gasteiger partial charge >= 0.3 is 0 Å². The number of likely N-dealkylation sites (tertiary alicyclic amines) is 1. The van der Waals surface area contributed by atoms with Crippen molar-refractivity contribution in [2.24, 2.45) is 11.8 Å².